The molecule has 0 N–H and O–H groups in total. The maximum atomic E-state index is 11.5. The first kappa shape index (κ1) is 16.8. The van der Waals surface area contributed by atoms with Crippen LogP contribution in [0.4, 0.5) is 0 Å². The molecule has 130 valence electrons. The summed E-state index contributed by atoms with van der Waals surface area (Å²) in [6.07, 6.45) is 1.37. The smallest absolute Gasteiger partial charge is 0.230 e. The minimum Gasteiger partial charge on any atom is -0.493 e. The Hall–Kier alpha value is -3.02. The van der Waals surface area contributed by atoms with Crippen molar-refractivity contribution in [2.24, 2.45) is 5.10 Å². The van der Waals surface area contributed by atoms with Gasteiger partial charge in [-0.15, -0.1) is 0 Å². The van der Waals surface area contributed by atoms with Gasteiger partial charge in [-0.1, -0.05) is 30.3 Å². The lowest BCUT2D eigenvalue weighted by atomic mass is 9.98. The first-order chi connectivity index (χ1) is 12.2. The van der Waals surface area contributed by atoms with Crippen molar-refractivity contribution < 1.29 is 19.0 Å². The van der Waals surface area contributed by atoms with Crippen molar-refractivity contribution in [2.75, 3.05) is 21.3 Å². The van der Waals surface area contributed by atoms with Crippen LogP contribution in [-0.2, 0) is 4.79 Å². The molecular weight excluding hydrogens is 320 g/mol. The summed E-state index contributed by atoms with van der Waals surface area (Å²) in [4.78, 5) is 11.5. The molecule has 0 aliphatic carbocycles. The second kappa shape index (κ2) is 7.25. The monoisotopic (exact) mass is 340 g/mol. The molecule has 6 heteroatoms. The zero-order valence-corrected chi connectivity index (χ0v) is 14.4. The van der Waals surface area contributed by atoms with Crippen LogP contribution in [0.15, 0.2) is 47.6 Å². The zero-order chi connectivity index (χ0) is 17.8. The Kier molecular flexibility index (Phi) is 4.88. The number of carbonyl (C=O) groups is 1. The second-order valence-corrected chi connectivity index (χ2v) is 5.58. The first-order valence-electron chi connectivity index (χ1n) is 7.88. The molecule has 0 fully saturated rings. The Bertz CT molecular complexity index is 764. The van der Waals surface area contributed by atoms with Gasteiger partial charge in [0.05, 0.1) is 33.1 Å². The molecule has 0 saturated carbocycles. The third kappa shape index (κ3) is 3.15. The van der Waals surface area contributed by atoms with E-state index < -0.39 is 0 Å². The fourth-order valence-corrected chi connectivity index (χ4v) is 2.99. The van der Waals surface area contributed by atoms with Gasteiger partial charge < -0.3 is 14.2 Å². The van der Waals surface area contributed by atoms with Gasteiger partial charge in [-0.25, -0.2) is 5.01 Å². The molecule has 6 nitrogen and oxygen atoms in total. The molecule has 0 unspecified atom stereocenters. The van der Waals surface area contributed by atoms with Gasteiger partial charge in [0.25, 0.3) is 0 Å². The summed E-state index contributed by atoms with van der Waals surface area (Å²) < 4.78 is 16.2. The van der Waals surface area contributed by atoms with Gasteiger partial charge in [0.2, 0.25) is 12.2 Å². The number of carbonyl (C=O) groups excluding carboxylic acids is 1. The fourth-order valence-electron chi connectivity index (χ4n) is 2.99. The number of benzene rings is 2. The van der Waals surface area contributed by atoms with Gasteiger partial charge in [-0.05, 0) is 17.7 Å². The van der Waals surface area contributed by atoms with Crippen LogP contribution in [0, 0.1) is 0 Å². The van der Waals surface area contributed by atoms with Crippen LogP contribution in [0.3, 0.4) is 0 Å². The Morgan fingerprint density at radius 2 is 1.68 bits per heavy atom. The second-order valence-electron chi connectivity index (χ2n) is 5.58. The predicted octanol–water partition coefficient (Wildman–Crippen LogP) is 3.02. The van der Waals surface area contributed by atoms with E-state index in [2.05, 4.69) is 5.10 Å². The lowest BCUT2D eigenvalue weighted by Gasteiger charge is -2.17. The van der Waals surface area contributed by atoms with Crippen molar-refractivity contribution >= 4 is 12.1 Å². The normalized spacial score (nSPS) is 16.4. The molecule has 3 rings (SSSR count). The molecule has 25 heavy (non-hydrogen) atoms. The Morgan fingerprint density at radius 1 is 1.04 bits per heavy atom. The Balaban J connectivity index is 1.98. The molecule has 1 heterocycles. The molecular formula is C19H20N2O4. The van der Waals surface area contributed by atoms with Gasteiger partial charge in [0.1, 0.15) is 0 Å². The van der Waals surface area contributed by atoms with Crippen molar-refractivity contribution in [1.82, 2.24) is 5.01 Å². The molecule has 2 aromatic rings. The van der Waals surface area contributed by atoms with Crippen molar-refractivity contribution in [3.05, 3.63) is 53.6 Å². The lowest BCUT2D eigenvalue weighted by molar-refractivity contribution is -0.119. The molecule has 0 spiro atoms. The summed E-state index contributed by atoms with van der Waals surface area (Å²) in [6.45, 7) is 0. The Morgan fingerprint density at radius 3 is 2.20 bits per heavy atom. The van der Waals surface area contributed by atoms with Gasteiger partial charge in [0, 0.05) is 12.0 Å². The Labute approximate surface area is 146 Å². The topological polar surface area (TPSA) is 60.4 Å². The summed E-state index contributed by atoms with van der Waals surface area (Å²) in [6, 6.07) is 13.4. The highest BCUT2D eigenvalue weighted by atomic mass is 16.5. The lowest BCUT2D eigenvalue weighted by Crippen LogP contribution is -2.17. The van der Waals surface area contributed by atoms with E-state index in [-0.39, 0.29) is 6.04 Å². The zero-order valence-electron chi connectivity index (χ0n) is 14.4. The van der Waals surface area contributed by atoms with E-state index >= 15 is 0 Å². The quantitative estimate of drug-likeness (QED) is 0.759. The number of hydrogen-bond donors (Lipinski definition) is 0. The van der Waals surface area contributed by atoms with Crippen LogP contribution in [-0.4, -0.2) is 38.5 Å². The highest BCUT2D eigenvalue weighted by Crippen LogP contribution is 2.40. The molecule has 1 aliphatic rings. The van der Waals surface area contributed by atoms with E-state index in [1.54, 1.807) is 21.3 Å². The first-order valence-corrected chi connectivity index (χ1v) is 7.88. The standard InChI is InChI=1S/C19H20N2O4/c1-23-17-9-14(10-18(24-2)19(17)25-3)15-11-16(21(12-22)20-15)13-7-5-4-6-8-13/h4-10,12,16H,11H2,1-3H3/t16-/m1/s1. The number of ether oxygens (including phenoxy) is 3. The predicted molar refractivity (Wildman–Crippen MR) is 94.3 cm³/mol. The highest BCUT2D eigenvalue weighted by molar-refractivity contribution is 6.03. The van der Waals surface area contributed by atoms with Gasteiger partial charge >= 0.3 is 0 Å². The molecule has 1 amide bonds. The summed E-state index contributed by atoms with van der Waals surface area (Å²) in [5, 5.41) is 5.92. The largest absolute Gasteiger partial charge is 0.493 e. The van der Waals surface area contributed by atoms with E-state index in [0.717, 1.165) is 23.2 Å². The van der Waals surface area contributed by atoms with Crippen LogP contribution in [0.1, 0.15) is 23.6 Å². The maximum absolute atomic E-state index is 11.5. The van der Waals surface area contributed by atoms with Crippen LogP contribution in [0.5, 0.6) is 17.2 Å². The third-order valence-electron chi connectivity index (χ3n) is 4.23. The van der Waals surface area contributed by atoms with Gasteiger partial charge in [0.15, 0.2) is 11.5 Å². The van der Waals surface area contributed by atoms with E-state index in [0.29, 0.717) is 23.7 Å². The molecule has 0 aromatic heterocycles. The van der Waals surface area contributed by atoms with E-state index in [9.17, 15) is 4.79 Å². The average molecular weight is 340 g/mol. The molecule has 0 saturated heterocycles. The minimum atomic E-state index is -0.118. The fraction of sp³-hybridized carbons (Fsp3) is 0.263. The van der Waals surface area contributed by atoms with Crippen molar-refractivity contribution in [1.29, 1.82) is 0 Å². The summed E-state index contributed by atoms with van der Waals surface area (Å²) in [5.74, 6) is 1.64. The summed E-state index contributed by atoms with van der Waals surface area (Å²) in [7, 11) is 4.71. The van der Waals surface area contributed by atoms with Crippen LogP contribution in [0.2, 0.25) is 0 Å². The van der Waals surface area contributed by atoms with Crippen molar-refractivity contribution in [2.45, 2.75) is 12.5 Å². The molecule has 0 bridgehead atoms. The van der Waals surface area contributed by atoms with E-state index in [1.165, 1.54) is 5.01 Å². The highest BCUT2D eigenvalue weighted by Gasteiger charge is 2.29. The van der Waals surface area contributed by atoms with Crippen LogP contribution in [0.25, 0.3) is 0 Å². The van der Waals surface area contributed by atoms with E-state index in [1.807, 2.05) is 42.5 Å². The molecule has 0 radical (unpaired) electrons. The van der Waals surface area contributed by atoms with Crippen molar-refractivity contribution in [3.8, 4) is 17.2 Å². The maximum Gasteiger partial charge on any atom is 0.230 e. The average Bonchev–Trinajstić information content (AvgIpc) is 3.11. The number of amides is 1. The van der Waals surface area contributed by atoms with Gasteiger partial charge in [-0.3, -0.25) is 4.79 Å². The summed E-state index contributed by atoms with van der Waals surface area (Å²) in [5.41, 5.74) is 2.67. The number of rotatable bonds is 6. The SMILES string of the molecule is COc1cc(C2=NN(C=O)[C@@H](c3ccccc3)C2)cc(OC)c1OC. The molecule has 1 aliphatic heterocycles. The van der Waals surface area contributed by atoms with Gasteiger partial charge in [-0.2, -0.15) is 5.10 Å². The number of methoxy groups -OCH3 is 3. The number of hydrazone groups is 1. The molecule has 2 aromatic carbocycles. The summed E-state index contributed by atoms with van der Waals surface area (Å²) >= 11 is 0. The minimum absolute atomic E-state index is 0.118. The van der Waals surface area contributed by atoms with Crippen LogP contribution >= 0.6 is 0 Å². The van der Waals surface area contributed by atoms with E-state index in [4.69, 9.17) is 14.2 Å². The number of hydrogen-bond acceptors (Lipinski definition) is 5. The van der Waals surface area contributed by atoms with Crippen molar-refractivity contribution in [3.63, 3.8) is 0 Å². The van der Waals surface area contributed by atoms with Crippen LogP contribution < -0.4 is 14.2 Å². The number of nitrogens with zero attached hydrogens (tertiary/aromatic N) is 2. The molecule has 1 atom stereocenters. The third-order valence-corrected chi connectivity index (χ3v) is 4.23.